The van der Waals surface area contributed by atoms with Gasteiger partial charge in [0, 0.05) is 42.0 Å². The van der Waals surface area contributed by atoms with E-state index in [1.807, 2.05) is 0 Å². The van der Waals surface area contributed by atoms with Crippen molar-refractivity contribution in [2.24, 2.45) is 5.92 Å². The minimum absolute atomic E-state index is 0.0534. The minimum atomic E-state index is -4.61. The van der Waals surface area contributed by atoms with Gasteiger partial charge < -0.3 is 5.32 Å². The van der Waals surface area contributed by atoms with Crippen LogP contribution in [-0.2, 0) is 22.4 Å². The van der Waals surface area contributed by atoms with Gasteiger partial charge >= 0.3 is 6.18 Å². The lowest BCUT2D eigenvalue weighted by Crippen LogP contribution is -2.17. The van der Waals surface area contributed by atoms with Crippen LogP contribution in [0.2, 0.25) is 10.0 Å². The normalized spacial score (nSPS) is 17.4. The fraction of sp³-hybridized carbons (Fsp3) is 0.276. The van der Waals surface area contributed by atoms with E-state index in [1.54, 1.807) is 0 Å². The molecule has 3 aromatic rings. The first-order valence-electron chi connectivity index (χ1n) is 12.5. The zero-order chi connectivity index (χ0) is 31.9. The predicted molar refractivity (Wildman–Crippen MR) is 151 cm³/mol. The molecule has 1 amide bonds. The third-order valence-corrected chi connectivity index (χ3v) is 8.41. The number of Topliss-reactive ketones (excluding diaryl/α,β-unsaturated/α-hetero) is 2. The maximum atomic E-state index is 15.1. The van der Waals surface area contributed by atoms with Crippen molar-refractivity contribution in [1.82, 2.24) is 0 Å². The van der Waals surface area contributed by atoms with E-state index in [0.717, 1.165) is 18.2 Å². The molecule has 3 aromatic carbocycles. The molecule has 1 aliphatic rings. The van der Waals surface area contributed by atoms with Crippen LogP contribution >= 0.6 is 46.4 Å². The van der Waals surface area contributed by atoms with Gasteiger partial charge in [0.05, 0.1) is 22.4 Å². The van der Waals surface area contributed by atoms with Gasteiger partial charge in [0.25, 0.3) is 0 Å². The van der Waals surface area contributed by atoms with Crippen molar-refractivity contribution in [2.45, 2.75) is 42.1 Å². The number of carbonyl (C=O) groups excluding carboxylic acids is 3. The molecule has 0 aliphatic heterocycles. The van der Waals surface area contributed by atoms with E-state index >= 15 is 4.39 Å². The lowest BCUT2D eigenvalue weighted by molar-refractivity contribution is -0.143. The van der Waals surface area contributed by atoms with Crippen LogP contribution in [0.3, 0.4) is 0 Å². The molecule has 1 N–H and O–H groups in total. The molecule has 2 atom stereocenters. The Balaban J connectivity index is 1.48. The fourth-order valence-electron chi connectivity index (χ4n) is 4.59. The molecule has 14 heteroatoms. The molecule has 4 rings (SSSR count). The lowest BCUT2D eigenvalue weighted by Gasteiger charge is -2.12. The average Bonchev–Trinajstić information content (AvgIpc) is 3.50. The van der Waals surface area contributed by atoms with Gasteiger partial charge in [-0.25, -0.2) is 13.2 Å². The van der Waals surface area contributed by atoms with Gasteiger partial charge in [0.2, 0.25) is 5.91 Å². The Kier molecular flexibility index (Phi) is 9.76. The molecular weight excluding hydrogens is 666 g/mol. The minimum Gasteiger partial charge on any atom is -0.326 e. The highest BCUT2D eigenvalue weighted by molar-refractivity contribution is 6.53. The molecule has 0 spiro atoms. The van der Waals surface area contributed by atoms with E-state index in [0.29, 0.717) is 5.56 Å². The standard InChI is InChI=1S/C29H19Cl4F6NO3/c30-19-4-3-15(40-27(43)25-24(29(25,32)33)13-1-6-22(35)20(31)9-13)11-17(19)23(42)10-14-2-5-21(34)18(26(14)36)12-16(41)7-8-28(37,38)39/h1-6,9,11,24-25H,7-8,10,12H2,(H,40,43)/t24-,25+/m0/s1. The molecule has 0 saturated heterocycles. The predicted octanol–water partition coefficient (Wildman–Crippen LogP) is 8.82. The van der Waals surface area contributed by atoms with Crippen LogP contribution in [0.5, 0.6) is 0 Å². The first-order chi connectivity index (χ1) is 20.0. The number of benzene rings is 3. The third kappa shape index (κ3) is 7.66. The number of ketones is 2. The van der Waals surface area contributed by atoms with Crippen molar-refractivity contribution in [3.05, 3.63) is 98.3 Å². The third-order valence-electron chi connectivity index (χ3n) is 6.85. The van der Waals surface area contributed by atoms with Crippen LogP contribution in [0.1, 0.15) is 45.8 Å². The topological polar surface area (TPSA) is 63.2 Å². The van der Waals surface area contributed by atoms with Gasteiger partial charge in [-0.2, -0.15) is 13.2 Å². The van der Waals surface area contributed by atoms with Crippen LogP contribution in [0.4, 0.5) is 32.0 Å². The Hall–Kier alpha value is -2.79. The van der Waals surface area contributed by atoms with Crippen LogP contribution in [0.15, 0.2) is 48.5 Å². The highest BCUT2D eigenvalue weighted by Crippen LogP contribution is 2.65. The van der Waals surface area contributed by atoms with E-state index in [1.165, 1.54) is 30.3 Å². The van der Waals surface area contributed by atoms with Crippen molar-refractivity contribution in [1.29, 1.82) is 0 Å². The van der Waals surface area contributed by atoms with Crippen molar-refractivity contribution in [3.8, 4) is 0 Å². The van der Waals surface area contributed by atoms with Gasteiger partial charge in [0.15, 0.2) is 5.78 Å². The molecule has 0 unspecified atom stereocenters. The largest absolute Gasteiger partial charge is 0.389 e. The quantitative estimate of drug-likeness (QED) is 0.132. The van der Waals surface area contributed by atoms with Gasteiger partial charge in [-0.3, -0.25) is 14.4 Å². The number of hydrogen-bond donors (Lipinski definition) is 1. The highest BCUT2D eigenvalue weighted by Gasteiger charge is 2.67. The average molecular weight is 685 g/mol. The second kappa shape index (κ2) is 12.7. The number of carbonyl (C=O) groups is 3. The van der Waals surface area contributed by atoms with Crippen molar-refractivity contribution >= 4 is 69.6 Å². The highest BCUT2D eigenvalue weighted by atomic mass is 35.5. The van der Waals surface area contributed by atoms with Crippen LogP contribution in [0, 0.1) is 23.4 Å². The molecule has 1 fully saturated rings. The number of halogens is 10. The van der Waals surface area contributed by atoms with Crippen molar-refractivity contribution < 1.29 is 40.7 Å². The molecule has 0 aromatic heterocycles. The van der Waals surface area contributed by atoms with E-state index in [-0.39, 0.29) is 26.9 Å². The monoisotopic (exact) mass is 683 g/mol. The smallest absolute Gasteiger partial charge is 0.326 e. The maximum absolute atomic E-state index is 15.1. The summed E-state index contributed by atoms with van der Waals surface area (Å²) in [5, 5.41) is 2.35. The number of rotatable bonds is 10. The Bertz CT molecular complexity index is 1610. The molecular formula is C29H19Cl4F6NO3. The van der Waals surface area contributed by atoms with E-state index in [4.69, 9.17) is 46.4 Å². The molecule has 0 radical (unpaired) electrons. The summed E-state index contributed by atoms with van der Waals surface area (Å²) in [6, 6.07) is 9.52. The summed E-state index contributed by atoms with van der Waals surface area (Å²) in [6.07, 6.45) is -8.56. The summed E-state index contributed by atoms with van der Waals surface area (Å²) in [5.74, 6) is -7.11. The molecule has 4 nitrogen and oxygen atoms in total. The fourth-order valence-corrected chi connectivity index (χ4v) is 5.83. The summed E-state index contributed by atoms with van der Waals surface area (Å²) >= 11 is 24.7. The Morgan fingerprint density at radius 1 is 0.860 bits per heavy atom. The number of hydrogen-bond acceptors (Lipinski definition) is 3. The first-order valence-corrected chi connectivity index (χ1v) is 14.0. The number of amides is 1. The van der Waals surface area contributed by atoms with Crippen LogP contribution in [-0.4, -0.2) is 28.0 Å². The Morgan fingerprint density at radius 3 is 2.19 bits per heavy atom. The first kappa shape index (κ1) is 33.1. The summed E-state index contributed by atoms with van der Waals surface area (Å²) in [4.78, 5) is 38.0. The van der Waals surface area contributed by atoms with Gasteiger partial charge in [0.1, 0.15) is 27.6 Å². The number of nitrogens with one attached hydrogen (secondary N) is 1. The molecule has 1 aliphatic carbocycles. The zero-order valence-corrected chi connectivity index (χ0v) is 24.6. The van der Waals surface area contributed by atoms with Gasteiger partial charge in [-0.05, 0) is 47.5 Å². The Labute approximate surface area is 261 Å². The summed E-state index contributed by atoms with van der Waals surface area (Å²) in [6.45, 7) is 0. The summed E-state index contributed by atoms with van der Waals surface area (Å²) in [5.41, 5.74) is -0.654. The SMILES string of the molecule is O=C(CCC(F)(F)F)Cc1c(F)ccc(CC(=O)c2cc(NC(=O)[C@H]3[C@H](c4ccc(F)c(Cl)c4)C3(Cl)Cl)ccc2Cl)c1F. The molecule has 1 saturated carbocycles. The molecule has 0 heterocycles. The zero-order valence-electron chi connectivity index (χ0n) is 21.6. The lowest BCUT2D eigenvalue weighted by atomic mass is 9.97. The van der Waals surface area contributed by atoms with Crippen molar-refractivity contribution in [3.63, 3.8) is 0 Å². The molecule has 0 bridgehead atoms. The van der Waals surface area contributed by atoms with Gasteiger partial charge in [-0.1, -0.05) is 35.3 Å². The van der Waals surface area contributed by atoms with Crippen LogP contribution in [0.25, 0.3) is 0 Å². The molecule has 43 heavy (non-hydrogen) atoms. The number of anilines is 1. The van der Waals surface area contributed by atoms with Gasteiger partial charge in [-0.15, -0.1) is 23.2 Å². The Morgan fingerprint density at radius 2 is 1.53 bits per heavy atom. The second-order valence-electron chi connectivity index (χ2n) is 9.92. The number of alkyl halides is 5. The van der Waals surface area contributed by atoms with E-state index in [2.05, 4.69) is 5.32 Å². The van der Waals surface area contributed by atoms with Crippen LogP contribution < -0.4 is 5.32 Å². The maximum Gasteiger partial charge on any atom is 0.389 e. The molecule has 228 valence electrons. The van der Waals surface area contributed by atoms with E-state index < -0.39 is 88.5 Å². The summed E-state index contributed by atoms with van der Waals surface area (Å²) < 4.78 is 78.6. The summed E-state index contributed by atoms with van der Waals surface area (Å²) in [7, 11) is 0. The van der Waals surface area contributed by atoms with E-state index in [9.17, 15) is 36.3 Å². The second-order valence-corrected chi connectivity index (χ2v) is 12.2. The van der Waals surface area contributed by atoms with Crippen molar-refractivity contribution in [2.75, 3.05) is 5.32 Å².